The van der Waals surface area contributed by atoms with Crippen LogP contribution in [-0.2, 0) is 6.42 Å². The summed E-state index contributed by atoms with van der Waals surface area (Å²) in [6, 6.07) is 8.63. The number of thiazole rings is 1. The Labute approximate surface area is 128 Å². The van der Waals surface area contributed by atoms with Crippen LogP contribution in [0.2, 0.25) is 0 Å². The first-order valence-electron chi connectivity index (χ1n) is 6.97. The number of anilines is 1. The first-order valence-corrected chi connectivity index (χ1v) is 7.85. The molecule has 5 heteroatoms. The van der Waals surface area contributed by atoms with E-state index < -0.39 is 0 Å². The molecular weight excluding hydrogens is 280 g/mol. The molecule has 1 aromatic carbocycles. The Balaban J connectivity index is 1.85. The van der Waals surface area contributed by atoms with Crippen molar-refractivity contribution in [1.29, 1.82) is 0 Å². The maximum Gasteiger partial charge on any atom is 0.129 e. The fourth-order valence-corrected chi connectivity index (χ4v) is 3.13. The number of rotatable bonds is 4. The monoisotopic (exact) mass is 298 g/mol. The minimum absolute atomic E-state index is 0.559. The minimum Gasteiger partial charge on any atom is -0.383 e. The van der Waals surface area contributed by atoms with E-state index in [1.807, 2.05) is 0 Å². The van der Waals surface area contributed by atoms with E-state index in [1.165, 1.54) is 5.56 Å². The molecule has 0 saturated heterocycles. The van der Waals surface area contributed by atoms with Crippen molar-refractivity contribution < 1.29 is 0 Å². The molecule has 3 aromatic rings. The molecule has 0 atom stereocenters. The Morgan fingerprint density at radius 3 is 2.62 bits per heavy atom. The fraction of sp³-hybridized carbons (Fsp3) is 0.250. The molecule has 2 heterocycles. The van der Waals surface area contributed by atoms with Gasteiger partial charge < -0.3 is 5.73 Å². The van der Waals surface area contributed by atoms with Gasteiger partial charge in [0.25, 0.3) is 0 Å². The van der Waals surface area contributed by atoms with Gasteiger partial charge >= 0.3 is 0 Å². The van der Waals surface area contributed by atoms with Crippen LogP contribution >= 0.6 is 11.3 Å². The molecule has 2 aromatic heterocycles. The van der Waals surface area contributed by atoms with Gasteiger partial charge in [-0.2, -0.15) is 5.10 Å². The molecule has 4 nitrogen and oxygen atoms in total. The highest BCUT2D eigenvalue weighted by molar-refractivity contribution is 7.13. The number of hydrogen-bond acceptors (Lipinski definition) is 4. The van der Waals surface area contributed by atoms with Crippen molar-refractivity contribution >= 4 is 17.2 Å². The molecule has 0 unspecified atom stereocenters. The summed E-state index contributed by atoms with van der Waals surface area (Å²) < 4.78 is 0. The molecule has 0 aliphatic carbocycles. The predicted molar refractivity (Wildman–Crippen MR) is 88.1 cm³/mol. The van der Waals surface area contributed by atoms with Gasteiger partial charge in [-0.05, 0) is 17.9 Å². The highest BCUT2D eigenvalue weighted by atomic mass is 32.1. The van der Waals surface area contributed by atoms with Gasteiger partial charge in [-0.3, -0.25) is 5.10 Å². The van der Waals surface area contributed by atoms with E-state index in [2.05, 4.69) is 58.7 Å². The SMILES string of the molecule is CC(C)Cc1ccc(-c2csc(-c3cn[nH]c3N)n2)cc1. The zero-order valence-electron chi connectivity index (χ0n) is 12.1. The minimum atomic E-state index is 0.559. The predicted octanol–water partition coefficient (Wildman–Crippen LogP) is 3.98. The van der Waals surface area contributed by atoms with Crippen molar-refractivity contribution in [2.45, 2.75) is 20.3 Å². The molecule has 0 spiro atoms. The number of nitrogens with zero attached hydrogens (tertiary/aromatic N) is 2. The van der Waals surface area contributed by atoms with Crippen LogP contribution < -0.4 is 5.73 Å². The van der Waals surface area contributed by atoms with Crippen LogP contribution in [0.3, 0.4) is 0 Å². The smallest absolute Gasteiger partial charge is 0.129 e. The summed E-state index contributed by atoms with van der Waals surface area (Å²) in [4.78, 5) is 4.65. The number of aromatic amines is 1. The first kappa shape index (κ1) is 13.8. The van der Waals surface area contributed by atoms with E-state index in [9.17, 15) is 0 Å². The Bertz CT molecular complexity index is 725. The molecule has 0 bridgehead atoms. The van der Waals surface area contributed by atoms with Gasteiger partial charge in [-0.25, -0.2) is 4.98 Å². The van der Waals surface area contributed by atoms with Crippen LogP contribution in [-0.4, -0.2) is 15.2 Å². The van der Waals surface area contributed by atoms with E-state index in [-0.39, 0.29) is 0 Å². The molecule has 0 fully saturated rings. The Morgan fingerprint density at radius 2 is 2.00 bits per heavy atom. The van der Waals surface area contributed by atoms with Gasteiger partial charge in [-0.15, -0.1) is 11.3 Å². The van der Waals surface area contributed by atoms with Gasteiger partial charge in [-0.1, -0.05) is 38.1 Å². The fourth-order valence-electron chi connectivity index (χ4n) is 2.28. The molecule has 3 rings (SSSR count). The quantitative estimate of drug-likeness (QED) is 0.765. The summed E-state index contributed by atoms with van der Waals surface area (Å²) in [5.41, 5.74) is 10.2. The van der Waals surface area contributed by atoms with Gasteiger partial charge in [0.15, 0.2) is 0 Å². The number of hydrogen-bond donors (Lipinski definition) is 2. The van der Waals surface area contributed by atoms with Crippen LogP contribution in [0.15, 0.2) is 35.8 Å². The van der Waals surface area contributed by atoms with Crippen LogP contribution in [0.5, 0.6) is 0 Å². The third-order valence-corrected chi connectivity index (χ3v) is 4.17. The van der Waals surface area contributed by atoms with E-state index in [0.29, 0.717) is 11.7 Å². The Morgan fingerprint density at radius 1 is 1.24 bits per heavy atom. The van der Waals surface area contributed by atoms with Crippen molar-refractivity contribution in [1.82, 2.24) is 15.2 Å². The Hall–Kier alpha value is -2.14. The molecule has 0 radical (unpaired) electrons. The average Bonchev–Trinajstić information content (AvgIpc) is 3.07. The van der Waals surface area contributed by atoms with Gasteiger partial charge in [0, 0.05) is 10.9 Å². The van der Waals surface area contributed by atoms with Crippen molar-refractivity contribution in [3.05, 3.63) is 41.4 Å². The van der Waals surface area contributed by atoms with E-state index in [1.54, 1.807) is 17.5 Å². The van der Waals surface area contributed by atoms with E-state index in [4.69, 9.17) is 5.73 Å². The number of H-pyrrole nitrogens is 1. The molecule has 0 amide bonds. The zero-order chi connectivity index (χ0) is 14.8. The first-order chi connectivity index (χ1) is 10.1. The zero-order valence-corrected chi connectivity index (χ0v) is 12.9. The van der Waals surface area contributed by atoms with Crippen molar-refractivity contribution in [2.75, 3.05) is 5.73 Å². The standard InChI is InChI=1S/C16H18N4S/c1-10(2)7-11-3-5-12(6-4-11)14-9-21-16(19-14)13-8-18-20-15(13)17/h3-6,8-10H,7H2,1-2H3,(H3,17,18,20). The van der Waals surface area contributed by atoms with E-state index >= 15 is 0 Å². The lowest BCUT2D eigenvalue weighted by Crippen LogP contribution is -1.93. The molecule has 0 saturated carbocycles. The maximum atomic E-state index is 5.84. The average molecular weight is 298 g/mol. The summed E-state index contributed by atoms with van der Waals surface area (Å²) in [5, 5.41) is 9.62. The number of nitrogens with two attached hydrogens (primary N) is 1. The van der Waals surface area contributed by atoms with Crippen LogP contribution in [0.1, 0.15) is 19.4 Å². The van der Waals surface area contributed by atoms with Crippen LogP contribution in [0.25, 0.3) is 21.8 Å². The van der Waals surface area contributed by atoms with Crippen molar-refractivity contribution in [3.8, 4) is 21.8 Å². The molecule has 0 aliphatic heterocycles. The number of nitrogens with one attached hydrogen (secondary N) is 1. The van der Waals surface area contributed by atoms with Gasteiger partial charge in [0.2, 0.25) is 0 Å². The Kier molecular flexibility index (Phi) is 3.75. The molecule has 3 N–H and O–H groups in total. The molecule has 21 heavy (non-hydrogen) atoms. The van der Waals surface area contributed by atoms with Gasteiger partial charge in [0.05, 0.1) is 17.5 Å². The highest BCUT2D eigenvalue weighted by Crippen LogP contribution is 2.31. The van der Waals surface area contributed by atoms with Crippen LogP contribution in [0, 0.1) is 5.92 Å². The lowest BCUT2D eigenvalue weighted by Gasteiger charge is -2.05. The second-order valence-electron chi connectivity index (χ2n) is 5.53. The maximum absolute atomic E-state index is 5.84. The van der Waals surface area contributed by atoms with Gasteiger partial charge in [0.1, 0.15) is 10.8 Å². The third-order valence-electron chi connectivity index (χ3n) is 3.30. The normalized spacial score (nSPS) is 11.2. The summed E-state index contributed by atoms with van der Waals surface area (Å²) >= 11 is 1.58. The summed E-state index contributed by atoms with van der Waals surface area (Å²) in [6.45, 7) is 4.46. The molecular formula is C16H18N4S. The second-order valence-corrected chi connectivity index (χ2v) is 6.39. The second kappa shape index (κ2) is 5.69. The highest BCUT2D eigenvalue weighted by Gasteiger charge is 2.10. The lowest BCUT2D eigenvalue weighted by molar-refractivity contribution is 0.647. The summed E-state index contributed by atoms with van der Waals surface area (Å²) in [6.07, 6.45) is 2.82. The largest absolute Gasteiger partial charge is 0.383 e. The third kappa shape index (κ3) is 2.97. The number of nitrogen functional groups attached to an aromatic ring is 1. The van der Waals surface area contributed by atoms with Crippen molar-refractivity contribution in [2.24, 2.45) is 5.92 Å². The van der Waals surface area contributed by atoms with Crippen LogP contribution in [0.4, 0.5) is 5.82 Å². The van der Waals surface area contributed by atoms with E-state index in [0.717, 1.165) is 28.2 Å². The summed E-state index contributed by atoms with van der Waals surface area (Å²) in [7, 11) is 0. The van der Waals surface area contributed by atoms with Crippen molar-refractivity contribution in [3.63, 3.8) is 0 Å². The molecule has 0 aliphatic rings. The molecule has 108 valence electrons. The number of aromatic nitrogens is 3. The topological polar surface area (TPSA) is 67.6 Å². The number of benzene rings is 1. The lowest BCUT2D eigenvalue weighted by atomic mass is 10.0. The summed E-state index contributed by atoms with van der Waals surface area (Å²) in [5.74, 6) is 1.23.